The average molecular weight is 201 g/mol. The second-order valence-corrected chi connectivity index (χ2v) is 3.68. The topological polar surface area (TPSA) is 69.4 Å². The molecule has 0 aliphatic heterocycles. The maximum atomic E-state index is 11.3. The van der Waals surface area contributed by atoms with Crippen LogP contribution in [0.5, 0.6) is 0 Å². The van der Waals surface area contributed by atoms with Gasteiger partial charge in [0.1, 0.15) is 5.92 Å². The molecule has 0 radical (unpaired) electrons. The Hall–Kier alpha value is -1.06. The molecule has 0 bridgehead atoms. The molecule has 0 fully saturated rings. The van der Waals surface area contributed by atoms with Crippen molar-refractivity contribution in [3.63, 3.8) is 0 Å². The van der Waals surface area contributed by atoms with Gasteiger partial charge in [0, 0.05) is 0 Å². The Kier molecular flexibility index (Phi) is 5.92. The van der Waals surface area contributed by atoms with Crippen LogP contribution < -0.4 is 5.73 Å². The highest BCUT2D eigenvalue weighted by Gasteiger charge is 2.25. The summed E-state index contributed by atoms with van der Waals surface area (Å²) in [7, 11) is 0. The van der Waals surface area contributed by atoms with Crippen molar-refractivity contribution in [1.82, 2.24) is 0 Å². The van der Waals surface area contributed by atoms with Gasteiger partial charge in [-0.15, -0.1) is 0 Å². The van der Waals surface area contributed by atoms with Crippen LogP contribution >= 0.6 is 0 Å². The zero-order chi connectivity index (χ0) is 11.1. The van der Waals surface area contributed by atoms with Crippen LogP contribution in [0.15, 0.2) is 0 Å². The normalized spacial score (nSPS) is 12.6. The first-order valence-electron chi connectivity index (χ1n) is 4.95. The molecule has 0 aliphatic carbocycles. The van der Waals surface area contributed by atoms with Crippen LogP contribution in [0, 0.1) is 11.8 Å². The van der Waals surface area contributed by atoms with Crippen LogP contribution in [-0.4, -0.2) is 18.5 Å². The summed E-state index contributed by atoms with van der Waals surface area (Å²) in [4.78, 5) is 22.2. The number of rotatable bonds is 6. The first-order valence-corrected chi connectivity index (χ1v) is 4.95. The SMILES string of the molecule is CCOC(=O)C(CCC(C)C)C(N)=O. The summed E-state index contributed by atoms with van der Waals surface area (Å²) >= 11 is 0. The van der Waals surface area contributed by atoms with Crippen LogP contribution in [0.25, 0.3) is 0 Å². The van der Waals surface area contributed by atoms with Crippen molar-refractivity contribution >= 4 is 11.9 Å². The number of nitrogens with two attached hydrogens (primary N) is 1. The Morgan fingerprint density at radius 3 is 2.21 bits per heavy atom. The first-order chi connectivity index (χ1) is 6.49. The Morgan fingerprint density at radius 2 is 1.86 bits per heavy atom. The van der Waals surface area contributed by atoms with Crippen LogP contribution in [0.4, 0.5) is 0 Å². The van der Waals surface area contributed by atoms with Gasteiger partial charge in [0.15, 0.2) is 0 Å². The second-order valence-electron chi connectivity index (χ2n) is 3.68. The molecule has 1 unspecified atom stereocenters. The van der Waals surface area contributed by atoms with Crippen molar-refractivity contribution in [2.24, 2.45) is 17.6 Å². The summed E-state index contributed by atoms with van der Waals surface area (Å²) in [5, 5.41) is 0. The Labute approximate surface area is 84.8 Å². The monoisotopic (exact) mass is 201 g/mol. The largest absolute Gasteiger partial charge is 0.465 e. The summed E-state index contributed by atoms with van der Waals surface area (Å²) in [5.41, 5.74) is 5.11. The molecule has 0 spiro atoms. The summed E-state index contributed by atoms with van der Waals surface area (Å²) in [6.45, 7) is 6.05. The zero-order valence-corrected chi connectivity index (χ0v) is 9.08. The lowest BCUT2D eigenvalue weighted by Crippen LogP contribution is -2.32. The number of carbonyl (C=O) groups is 2. The molecule has 1 atom stereocenters. The maximum absolute atomic E-state index is 11.3. The third-order valence-electron chi connectivity index (χ3n) is 1.95. The number of carbonyl (C=O) groups excluding carboxylic acids is 2. The molecule has 4 heteroatoms. The molecular formula is C10H19NO3. The van der Waals surface area contributed by atoms with Gasteiger partial charge in [-0.1, -0.05) is 13.8 Å². The van der Waals surface area contributed by atoms with Crippen molar-refractivity contribution < 1.29 is 14.3 Å². The maximum Gasteiger partial charge on any atom is 0.318 e. The molecule has 0 aromatic heterocycles. The highest BCUT2D eigenvalue weighted by Crippen LogP contribution is 2.13. The van der Waals surface area contributed by atoms with E-state index in [1.54, 1.807) is 6.92 Å². The summed E-state index contributed by atoms with van der Waals surface area (Å²) < 4.78 is 4.76. The van der Waals surface area contributed by atoms with Gasteiger partial charge < -0.3 is 10.5 Å². The van der Waals surface area contributed by atoms with Gasteiger partial charge in [-0.25, -0.2) is 0 Å². The van der Waals surface area contributed by atoms with Gasteiger partial charge in [-0.2, -0.15) is 0 Å². The van der Waals surface area contributed by atoms with E-state index in [2.05, 4.69) is 0 Å². The lowest BCUT2D eigenvalue weighted by Gasteiger charge is -2.12. The average Bonchev–Trinajstić information content (AvgIpc) is 2.03. The molecule has 0 aliphatic rings. The fraction of sp³-hybridized carbons (Fsp3) is 0.800. The molecule has 0 aromatic carbocycles. The van der Waals surface area contributed by atoms with Crippen molar-refractivity contribution in [1.29, 1.82) is 0 Å². The molecule has 4 nitrogen and oxygen atoms in total. The second kappa shape index (κ2) is 6.40. The minimum Gasteiger partial charge on any atom is -0.465 e. The summed E-state index contributed by atoms with van der Waals surface area (Å²) in [6, 6.07) is 0. The summed E-state index contributed by atoms with van der Waals surface area (Å²) in [6.07, 6.45) is 1.28. The van der Waals surface area contributed by atoms with E-state index in [0.29, 0.717) is 12.3 Å². The molecule has 0 aromatic rings. The van der Waals surface area contributed by atoms with E-state index in [1.165, 1.54) is 0 Å². The van der Waals surface area contributed by atoms with E-state index in [0.717, 1.165) is 6.42 Å². The van der Waals surface area contributed by atoms with E-state index in [1.807, 2.05) is 13.8 Å². The van der Waals surface area contributed by atoms with Crippen molar-refractivity contribution in [3.8, 4) is 0 Å². The highest BCUT2D eigenvalue weighted by molar-refractivity contribution is 5.96. The van der Waals surface area contributed by atoms with E-state index in [9.17, 15) is 9.59 Å². The van der Waals surface area contributed by atoms with Gasteiger partial charge in [0.25, 0.3) is 0 Å². The van der Waals surface area contributed by atoms with Crippen LogP contribution in [0.1, 0.15) is 33.6 Å². The predicted octanol–water partition coefficient (Wildman–Crippen LogP) is 1.09. The van der Waals surface area contributed by atoms with Crippen LogP contribution in [0.2, 0.25) is 0 Å². The first kappa shape index (κ1) is 12.9. The van der Waals surface area contributed by atoms with Crippen LogP contribution in [-0.2, 0) is 14.3 Å². The molecule has 0 saturated carbocycles. The standard InChI is InChI=1S/C10H19NO3/c1-4-14-10(13)8(9(11)12)6-5-7(2)3/h7-8H,4-6H2,1-3H3,(H2,11,12). The zero-order valence-electron chi connectivity index (χ0n) is 9.08. The number of hydrogen-bond donors (Lipinski definition) is 1. The molecule has 0 rings (SSSR count). The van der Waals surface area contributed by atoms with Gasteiger partial charge in [-0.05, 0) is 25.7 Å². The van der Waals surface area contributed by atoms with Crippen LogP contribution in [0.3, 0.4) is 0 Å². The van der Waals surface area contributed by atoms with E-state index in [4.69, 9.17) is 10.5 Å². The molecule has 14 heavy (non-hydrogen) atoms. The summed E-state index contributed by atoms with van der Waals surface area (Å²) in [5.74, 6) is -1.42. The number of esters is 1. The van der Waals surface area contributed by atoms with E-state index >= 15 is 0 Å². The third-order valence-corrected chi connectivity index (χ3v) is 1.95. The third kappa shape index (κ3) is 4.84. The van der Waals surface area contributed by atoms with Crippen molar-refractivity contribution in [2.75, 3.05) is 6.61 Å². The minimum absolute atomic E-state index is 0.282. The molecule has 82 valence electrons. The molecule has 1 amide bonds. The lowest BCUT2D eigenvalue weighted by molar-refractivity contribution is -0.151. The fourth-order valence-corrected chi connectivity index (χ4v) is 1.12. The van der Waals surface area contributed by atoms with Crippen molar-refractivity contribution in [3.05, 3.63) is 0 Å². The van der Waals surface area contributed by atoms with Gasteiger partial charge in [0.05, 0.1) is 6.61 Å². The molecular weight excluding hydrogens is 182 g/mol. The fourth-order valence-electron chi connectivity index (χ4n) is 1.12. The molecule has 2 N–H and O–H groups in total. The number of ether oxygens (including phenoxy) is 1. The van der Waals surface area contributed by atoms with Gasteiger partial charge in [-0.3, -0.25) is 9.59 Å². The minimum atomic E-state index is -0.780. The molecule has 0 saturated heterocycles. The van der Waals surface area contributed by atoms with E-state index in [-0.39, 0.29) is 6.61 Å². The Balaban J connectivity index is 4.15. The molecule has 0 heterocycles. The Morgan fingerprint density at radius 1 is 1.29 bits per heavy atom. The quantitative estimate of drug-likeness (QED) is 0.516. The highest BCUT2D eigenvalue weighted by atomic mass is 16.5. The smallest absolute Gasteiger partial charge is 0.318 e. The van der Waals surface area contributed by atoms with Gasteiger partial charge in [0.2, 0.25) is 5.91 Å². The predicted molar refractivity (Wildman–Crippen MR) is 53.4 cm³/mol. The lowest BCUT2D eigenvalue weighted by atomic mass is 9.97. The Bertz CT molecular complexity index is 202. The van der Waals surface area contributed by atoms with Crippen molar-refractivity contribution in [2.45, 2.75) is 33.6 Å². The van der Waals surface area contributed by atoms with Gasteiger partial charge >= 0.3 is 5.97 Å². The number of amides is 1. The number of hydrogen-bond acceptors (Lipinski definition) is 3. The van der Waals surface area contributed by atoms with E-state index < -0.39 is 17.8 Å². The number of primary amides is 1.